The summed E-state index contributed by atoms with van der Waals surface area (Å²) >= 11 is 0. The number of aryl methyl sites for hydroxylation is 1. The summed E-state index contributed by atoms with van der Waals surface area (Å²) in [5.74, 6) is 0.334. The monoisotopic (exact) mass is 371 g/mol. The molecule has 28 heavy (non-hydrogen) atoms. The summed E-state index contributed by atoms with van der Waals surface area (Å²) in [6, 6.07) is 21.7. The zero-order valence-corrected chi connectivity index (χ0v) is 15.9. The third-order valence-corrected chi connectivity index (χ3v) is 4.85. The van der Waals surface area contributed by atoms with Crippen LogP contribution in [-0.2, 0) is 11.3 Å². The van der Waals surface area contributed by atoms with E-state index in [4.69, 9.17) is 9.47 Å². The van der Waals surface area contributed by atoms with E-state index in [-0.39, 0.29) is 12.6 Å². The smallest absolute Gasteiger partial charge is 0.355 e. The van der Waals surface area contributed by atoms with Crippen LogP contribution in [0.2, 0.25) is 0 Å². The van der Waals surface area contributed by atoms with Gasteiger partial charge in [0, 0.05) is 17.3 Å². The minimum atomic E-state index is -0.387. The van der Waals surface area contributed by atoms with Gasteiger partial charge in [-0.1, -0.05) is 60.7 Å². The lowest BCUT2D eigenvalue weighted by atomic mass is 9.95. The molecule has 4 heteroatoms. The summed E-state index contributed by atoms with van der Waals surface area (Å²) in [4.78, 5) is 16.0. The molecule has 0 aliphatic heterocycles. The Hall–Kier alpha value is -3.53. The van der Waals surface area contributed by atoms with Gasteiger partial charge in [0.2, 0.25) is 0 Å². The minimum absolute atomic E-state index is 0.226. The highest BCUT2D eigenvalue weighted by Crippen LogP contribution is 2.40. The standard InChI is InChI=1S/C24H21NO3/c1-16-14-25-23(24(26)28-15-17-8-4-3-5-9-17)21(16)22-19-11-7-6-10-18(19)12-13-20(22)27-2/h3-14,25H,15H2,1-2H3. The maximum absolute atomic E-state index is 12.9. The van der Waals surface area contributed by atoms with Crippen LogP contribution in [0.25, 0.3) is 21.9 Å². The van der Waals surface area contributed by atoms with Crippen molar-refractivity contribution in [1.29, 1.82) is 0 Å². The van der Waals surface area contributed by atoms with Gasteiger partial charge in [-0.3, -0.25) is 0 Å². The van der Waals surface area contributed by atoms with E-state index in [1.807, 2.05) is 79.9 Å². The number of ether oxygens (including phenoxy) is 2. The second kappa shape index (κ2) is 7.61. The number of nitrogens with one attached hydrogen (secondary N) is 1. The lowest BCUT2D eigenvalue weighted by Crippen LogP contribution is -2.07. The molecule has 4 nitrogen and oxygen atoms in total. The maximum Gasteiger partial charge on any atom is 0.355 e. The van der Waals surface area contributed by atoms with Gasteiger partial charge in [0.15, 0.2) is 0 Å². The summed E-state index contributed by atoms with van der Waals surface area (Å²) < 4.78 is 11.2. The molecule has 0 fully saturated rings. The van der Waals surface area contributed by atoms with Crippen LogP contribution in [0.3, 0.4) is 0 Å². The Labute approximate surface area is 163 Å². The van der Waals surface area contributed by atoms with Crippen LogP contribution in [0.4, 0.5) is 0 Å². The van der Waals surface area contributed by atoms with E-state index in [2.05, 4.69) is 4.98 Å². The van der Waals surface area contributed by atoms with Gasteiger partial charge in [0.1, 0.15) is 18.1 Å². The van der Waals surface area contributed by atoms with Crippen LogP contribution < -0.4 is 4.74 Å². The number of aromatic amines is 1. The Bertz CT molecular complexity index is 1130. The van der Waals surface area contributed by atoms with Crippen molar-refractivity contribution in [1.82, 2.24) is 4.98 Å². The zero-order chi connectivity index (χ0) is 19.5. The van der Waals surface area contributed by atoms with E-state index in [9.17, 15) is 4.79 Å². The van der Waals surface area contributed by atoms with Crippen LogP contribution in [0.15, 0.2) is 72.9 Å². The minimum Gasteiger partial charge on any atom is -0.496 e. The molecule has 0 aliphatic rings. The molecule has 140 valence electrons. The summed E-state index contributed by atoms with van der Waals surface area (Å²) in [7, 11) is 1.64. The Morgan fingerprint density at radius 3 is 2.46 bits per heavy atom. The van der Waals surface area contributed by atoms with Crippen molar-refractivity contribution >= 4 is 16.7 Å². The first kappa shape index (κ1) is 17.9. The van der Waals surface area contributed by atoms with Gasteiger partial charge in [-0.15, -0.1) is 0 Å². The molecule has 1 heterocycles. The van der Waals surface area contributed by atoms with Gasteiger partial charge in [0.05, 0.1) is 7.11 Å². The topological polar surface area (TPSA) is 51.3 Å². The molecule has 0 saturated carbocycles. The number of carbonyl (C=O) groups is 1. The van der Waals surface area contributed by atoms with Crippen LogP contribution in [-0.4, -0.2) is 18.1 Å². The van der Waals surface area contributed by atoms with E-state index >= 15 is 0 Å². The molecule has 0 radical (unpaired) electrons. The lowest BCUT2D eigenvalue weighted by Gasteiger charge is -2.14. The zero-order valence-electron chi connectivity index (χ0n) is 15.9. The number of fused-ring (bicyclic) bond motifs is 1. The van der Waals surface area contributed by atoms with E-state index in [1.165, 1.54) is 0 Å². The molecule has 1 N–H and O–H groups in total. The molecule has 0 unspecified atom stereocenters. The summed E-state index contributed by atoms with van der Waals surface area (Å²) in [5.41, 5.74) is 4.05. The third-order valence-electron chi connectivity index (χ3n) is 4.85. The lowest BCUT2D eigenvalue weighted by molar-refractivity contribution is 0.0467. The first-order valence-electron chi connectivity index (χ1n) is 9.14. The average molecular weight is 371 g/mol. The van der Waals surface area contributed by atoms with Crippen molar-refractivity contribution in [2.24, 2.45) is 0 Å². The molecule has 4 rings (SSSR count). The Balaban J connectivity index is 1.77. The van der Waals surface area contributed by atoms with Crippen LogP contribution in [0.1, 0.15) is 21.6 Å². The van der Waals surface area contributed by atoms with Crippen molar-refractivity contribution in [3.05, 3.63) is 89.7 Å². The summed E-state index contributed by atoms with van der Waals surface area (Å²) in [5, 5.41) is 2.11. The van der Waals surface area contributed by atoms with Gasteiger partial charge in [-0.05, 0) is 34.9 Å². The Morgan fingerprint density at radius 2 is 1.68 bits per heavy atom. The van der Waals surface area contributed by atoms with Gasteiger partial charge in [0.25, 0.3) is 0 Å². The summed E-state index contributed by atoms with van der Waals surface area (Å²) in [6.45, 7) is 2.20. The molecule has 1 aromatic heterocycles. The van der Waals surface area contributed by atoms with Gasteiger partial charge in [-0.2, -0.15) is 0 Å². The molecule has 0 saturated heterocycles. The highest BCUT2D eigenvalue weighted by Gasteiger charge is 2.23. The second-order valence-corrected chi connectivity index (χ2v) is 6.65. The van der Waals surface area contributed by atoms with Crippen molar-refractivity contribution < 1.29 is 14.3 Å². The first-order valence-corrected chi connectivity index (χ1v) is 9.14. The molecule has 3 aromatic carbocycles. The van der Waals surface area contributed by atoms with Crippen molar-refractivity contribution in [2.45, 2.75) is 13.5 Å². The van der Waals surface area contributed by atoms with E-state index in [0.717, 1.165) is 38.8 Å². The van der Waals surface area contributed by atoms with Gasteiger partial charge < -0.3 is 14.5 Å². The predicted molar refractivity (Wildman–Crippen MR) is 111 cm³/mol. The second-order valence-electron chi connectivity index (χ2n) is 6.65. The number of esters is 1. The van der Waals surface area contributed by atoms with E-state index in [0.29, 0.717) is 5.69 Å². The fourth-order valence-corrected chi connectivity index (χ4v) is 3.48. The quantitative estimate of drug-likeness (QED) is 0.471. The number of rotatable bonds is 5. The Kier molecular flexibility index (Phi) is 4.85. The predicted octanol–water partition coefficient (Wildman–Crippen LogP) is 5.51. The van der Waals surface area contributed by atoms with E-state index < -0.39 is 0 Å². The van der Waals surface area contributed by atoms with Crippen LogP contribution in [0, 0.1) is 6.92 Å². The van der Waals surface area contributed by atoms with Crippen molar-refractivity contribution in [3.8, 4) is 16.9 Å². The number of hydrogen-bond donors (Lipinski definition) is 1. The molecule has 4 aromatic rings. The number of aromatic nitrogens is 1. The average Bonchev–Trinajstić information content (AvgIpc) is 3.13. The number of hydrogen-bond acceptors (Lipinski definition) is 3. The van der Waals surface area contributed by atoms with Crippen molar-refractivity contribution in [3.63, 3.8) is 0 Å². The van der Waals surface area contributed by atoms with Crippen molar-refractivity contribution in [2.75, 3.05) is 7.11 Å². The highest BCUT2D eigenvalue weighted by atomic mass is 16.5. The molecule has 0 amide bonds. The number of H-pyrrole nitrogens is 1. The normalized spacial score (nSPS) is 10.8. The van der Waals surface area contributed by atoms with E-state index in [1.54, 1.807) is 7.11 Å². The van der Waals surface area contributed by atoms with Crippen LogP contribution in [0.5, 0.6) is 5.75 Å². The molecule has 0 aliphatic carbocycles. The first-order chi connectivity index (χ1) is 13.7. The summed E-state index contributed by atoms with van der Waals surface area (Å²) in [6.07, 6.45) is 1.83. The number of benzene rings is 3. The number of methoxy groups -OCH3 is 1. The fraction of sp³-hybridized carbons (Fsp3) is 0.125. The highest BCUT2D eigenvalue weighted by molar-refractivity contribution is 6.06. The molecule has 0 atom stereocenters. The third kappa shape index (κ3) is 3.25. The molecule has 0 spiro atoms. The molecular formula is C24H21NO3. The van der Waals surface area contributed by atoms with Gasteiger partial charge in [-0.25, -0.2) is 4.79 Å². The number of carbonyl (C=O) groups excluding carboxylic acids is 1. The Morgan fingerprint density at radius 1 is 0.929 bits per heavy atom. The van der Waals surface area contributed by atoms with Crippen LogP contribution >= 0.6 is 0 Å². The molecule has 0 bridgehead atoms. The fourth-order valence-electron chi connectivity index (χ4n) is 3.48. The van der Waals surface area contributed by atoms with Gasteiger partial charge >= 0.3 is 5.97 Å². The SMILES string of the molecule is COc1ccc2ccccc2c1-c1c(C)c[nH]c1C(=O)OCc1ccccc1. The molecular weight excluding hydrogens is 350 g/mol. The largest absolute Gasteiger partial charge is 0.496 e. The maximum atomic E-state index is 12.9.